The SMILES string of the molecule is O=C1[C@@H](NS(=O)(=O)/C=C/c2ccc(Cl)s2)CCCN1CC(=O)N1CCC[C@H]1CNc1cccnc1. The highest BCUT2D eigenvalue weighted by Crippen LogP contribution is 2.23. The van der Waals surface area contributed by atoms with Crippen molar-refractivity contribution >= 4 is 56.5 Å². The third-order valence-electron chi connectivity index (χ3n) is 6.07. The van der Waals surface area contributed by atoms with Gasteiger partial charge in [-0.25, -0.2) is 8.42 Å². The highest BCUT2D eigenvalue weighted by atomic mass is 35.5. The first-order chi connectivity index (χ1) is 16.8. The lowest BCUT2D eigenvalue weighted by Crippen LogP contribution is -2.55. The first-order valence-corrected chi connectivity index (χ1v) is 14.2. The largest absolute Gasteiger partial charge is 0.382 e. The molecule has 2 saturated heterocycles. The van der Waals surface area contributed by atoms with Crippen molar-refractivity contribution in [2.75, 3.05) is 31.5 Å². The Hall–Kier alpha value is -2.47. The molecule has 2 atom stereocenters. The van der Waals surface area contributed by atoms with Crippen molar-refractivity contribution < 1.29 is 18.0 Å². The van der Waals surface area contributed by atoms with E-state index < -0.39 is 16.1 Å². The predicted octanol–water partition coefficient (Wildman–Crippen LogP) is 2.78. The number of thiophene rings is 1. The lowest BCUT2D eigenvalue weighted by molar-refractivity contribution is -0.143. The van der Waals surface area contributed by atoms with E-state index in [1.165, 1.54) is 22.3 Å². The number of anilines is 1. The van der Waals surface area contributed by atoms with E-state index in [4.69, 9.17) is 11.6 Å². The third kappa shape index (κ3) is 7.03. The molecule has 0 spiro atoms. The molecule has 2 amide bonds. The molecule has 35 heavy (non-hydrogen) atoms. The Bertz CT molecular complexity index is 1170. The monoisotopic (exact) mass is 537 g/mol. The van der Waals surface area contributed by atoms with E-state index in [-0.39, 0.29) is 24.4 Å². The number of hydrogen-bond donors (Lipinski definition) is 2. The minimum absolute atomic E-state index is 0.0350. The van der Waals surface area contributed by atoms with E-state index in [1.54, 1.807) is 24.5 Å². The standard InChI is InChI=1S/C23H28ClN5O4S2/c24-21-8-7-19(34-21)9-13-35(32,33)27-20-6-3-11-28(23(20)31)16-22(30)29-12-2-5-18(29)15-26-17-4-1-10-25-14-17/h1,4,7-10,13-14,18,20,26-27H,2-3,5-6,11-12,15-16H2/b13-9+/t18-,20-/m0/s1. The molecule has 0 saturated carbocycles. The maximum Gasteiger partial charge on any atom is 0.242 e. The second-order valence-corrected chi connectivity index (χ2v) is 11.9. The number of aromatic nitrogens is 1. The van der Waals surface area contributed by atoms with Crippen LogP contribution in [0, 0.1) is 0 Å². The van der Waals surface area contributed by atoms with E-state index in [1.807, 2.05) is 17.0 Å². The molecule has 9 nitrogen and oxygen atoms in total. The van der Waals surface area contributed by atoms with Crippen LogP contribution in [0.2, 0.25) is 4.34 Å². The molecule has 0 aromatic carbocycles. The van der Waals surface area contributed by atoms with Crippen LogP contribution in [-0.2, 0) is 19.6 Å². The summed E-state index contributed by atoms with van der Waals surface area (Å²) in [7, 11) is -3.84. The Balaban J connectivity index is 1.32. The van der Waals surface area contributed by atoms with Crippen LogP contribution >= 0.6 is 22.9 Å². The number of amides is 2. The maximum absolute atomic E-state index is 13.1. The molecule has 0 bridgehead atoms. The van der Waals surface area contributed by atoms with Crippen LogP contribution in [0.15, 0.2) is 42.1 Å². The summed E-state index contributed by atoms with van der Waals surface area (Å²) in [6.07, 6.45) is 7.68. The van der Waals surface area contributed by atoms with Crippen molar-refractivity contribution in [2.45, 2.75) is 37.8 Å². The second-order valence-electron chi connectivity index (χ2n) is 8.57. The van der Waals surface area contributed by atoms with Gasteiger partial charge in [-0.3, -0.25) is 14.6 Å². The number of nitrogens with one attached hydrogen (secondary N) is 2. The fourth-order valence-corrected chi connectivity index (χ4v) is 6.42. The normalized spacial score (nSPS) is 21.1. The molecular formula is C23H28ClN5O4S2. The van der Waals surface area contributed by atoms with Crippen molar-refractivity contribution in [3.63, 3.8) is 0 Å². The van der Waals surface area contributed by atoms with Crippen LogP contribution in [0.4, 0.5) is 5.69 Å². The minimum Gasteiger partial charge on any atom is -0.382 e. The minimum atomic E-state index is -3.84. The average Bonchev–Trinajstić information content (AvgIpc) is 3.48. The first-order valence-electron chi connectivity index (χ1n) is 11.5. The number of carbonyl (C=O) groups excluding carboxylic acids is 2. The zero-order valence-electron chi connectivity index (χ0n) is 19.1. The zero-order valence-corrected chi connectivity index (χ0v) is 21.5. The molecule has 0 aliphatic carbocycles. The summed E-state index contributed by atoms with van der Waals surface area (Å²) in [4.78, 5) is 34.1. The zero-order chi connectivity index (χ0) is 24.8. The molecule has 0 unspecified atom stereocenters. The molecule has 2 N–H and O–H groups in total. The van der Waals surface area contributed by atoms with E-state index in [2.05, 4.69) is 15.0 Å². The van der Waals surface area contributed by atoms with E-state index in [9.17, 15) is 18.0 Å². The highest BCUT2D eigenvalue weighted by Gasteiger charge is 2.35. The van der Waals surface area contributed by atoms with Crippen LogP contribution in [0.1, 0.15) is 30.6 Å². The summed E-state index contributed by atoms with van der Waals surface area (Å²) in [6.45, 7) is 1.63. The summed E-state index contributed by atoms with van der Waals surface area (Å²) in [5.74, 6) is -0.489. The Labute approximate surface area is 214 Å². The van der Waals surface area contributed by atoms with E-state index in [0.717, 1.165) is 23.9 Å². The molecule has 2 aliphatic heterocycles. The van der Waals surface area contributed by atoms with Crippen LogP contribution in [0.5, 0.6) is 0 Å². The number of rotatable bonds is 9. The van der Waals surface area contributed by atoms with Crippen molar-refractivity contribution in [3.8, 4) is 0 Å². The van der Waals surface area contributed by atoms with E-state index in [0.29, 0.717) is 41.7 Å². The number of halogens is 1. The molecule has 12 heteroatoms. The molecule has 4 rings (SSSR count). The number of likely N-dealkylation sites (tertiary alicyclic amines) is 2. The fourth-order valence-electron chi connectivity index (χ4n) is 4.35. The Morgan fingerprint density at radius 1 is 1.23 bits per heavy atom. The molecule has 2 aromatic heterocycles. The summed E-state index contributed by atoms with van der Waals surface area (Å²) in [6, 6.07) is 6.32. The van der Waals surface area contributed by atoms with Crippen LogP contribution in [-0.4, -0.2) is 73.3 Å². The Morgan fingerprint density at radius 3 is 2.80 bits per heavy atom. The quantitative estimate of drug-likeness (QED) is 0.509. The van der Waals surface area contributed by atoms with Crippen LogP contribution in [0.25, 0.3) is 6.08 Å². The number of pyridine rings is 1. The molecule has 0 radical (unpaired) electrons. The van der Waals surface area contributed by atoms with Gasteiger partial charge in [0.15, 0.2) is 0 Å². The topological polar surface area (TPSA) is 112 Å². The number of nitrogens with zero attached hydrogens (tertiary/aromatic N) is 3. The molecular weight excluding hydrogens is 510 g/mol. The number of piperidine rings is 1. The fraction of sp³-hybridized carbons (Fsp3) is 0.435. The van der Waals surface area contributed by atoms with Gasteiger partial charge in [0.1, 0.15) is 6.04 Å². The second kappa shape index (κ2) is 11.5. The molecule has 2 fully saturated rings. The van der Waals surface area contributed by atoms with Crippen LogP contribution < -0.4 is 10.0 Å². The van der Waals surface area contributed by atoms with E-state index >= 15 is 0 Å². The van der Waals surface area contributed by atoms with Crippen LogP contribution in [0.3, 0.4) is 0 Å². The van der Waals surface area contributed by atoms with Gasteiger partial charge in [0.2, 0.25) is 21.8 Å². The van der Waals surface area contributed by atoms with Crippen molar-refractivity contribution in [3.05, 3.63) is 51.3 Å². The smallest absolute Gasteiger partial charge is 0.242 e. The molecule has 4 heterocycles. The number of hydrogen-bond acceptors (Lipinski definition) is 7. The maximum atomic E-state index is 13.1. The summed E-state index contributed by atoms with van der Waals surface area (Å²) in [5, 5.41) is 4.35. The van der Waals surface area contributed by atoms with Crippen molar-refractivity contribution in [1.29, 1.82) is 0 Å². The van der Waals surface area contributed by atoms with Gasteiger partial charge < -0.3 is 15.1 Å². The van der Waals surface area contributed by atoms with Gasteiger partial charge in [0.25, 0.3) is 0 Å². The lowest BCUT2D eigenvalue weighted by Gasteiger charge is -2.34. The summed E-state index contributed by atoms with van der Waals surface area (Å²) >= 11 is 7.13. The van der Waals surface area contributed by atoms with Crippen molar-refractivity contribution in [1.82, 2.24) is 19.5 Å². The van der Waals surface area contributed by atoms with Gasteiger partial charge in [-0.1, -0.05) is 11.6 Å². The lowest BCUT2D eigenvalue weighted by atomic mass is 10.1. The Kier molecular flexibility index (Phi) is 8.42. The summed E-state index contributed by atoms with van der Waals surface area (Å²) < 4.78 is 28.0. The first kappa shape index (κ1) is 25.6. The average molecular weight is 538 g/mol. The molecule has 2 aromatic rings. The van der Waals surface area contributed by atoms with Gasteiger partial charge in [-0.2, -0.15) is 4.72 Å². The molecule has 2 aliphatic rings. The third-order valence-corrected chi connectivity index (χ3v) is 8.37. The van der Waals surface area contributed by atoms with Gasteiger partial charge in [-0.05, 0) is 56.0 Å². The predicted molar refractivity (Wildman–Crippen MR) is 137 cm³/mol. The highest BCUT2D eigenvalue weighted by molar-refractivity contribution is 7.92. The Morgan fingerprint density at radius 2 is 2.06 bits per heavy atom. The van der Waals surface area contributed by atoms with Gasteiger partial charge in [0, 0.05) is 48.4 Å². The summed E-state index contributed by atoms with van der Waals surface area (Å²) in [5.41, 5.74) is 0.893. The van der Waals surface area contributed by atoms with Gasteiger partial charge in [0.05, 0.1) is 16.6 Å². The van der Waals surface area contributed by atoms with Crippen molar-refractivity contribution in [2.24, 2.45) is 0 Å². The number of carbonyl (C=O) groups is 2. The van der Waals surface area contributed by atoms with Gasteiger partial charge >= 0.3 is 0 Å². The molecule has 188 valence electrons. The van der Waals surface area contributed by atoms with Gasteiger partial charge in [-0.15, -0.1) is 11.3 Å². The number of sulfonamides is 1.